The van der Waals surface area contributed by atoms with Crippen molar-refractivity contribution >= 4 is 129 Å². The van der Waals surface area contributed by atoms with Crippen molar-refractivity contribution in [2.75, 3.05) is 14.7 Å². The summed E-state index contributed by atoms with van der Waals surface area (Å²) in [7, 11) is 0. The van der Waals surface area contributed by atoms with E-state index in [4.69, 9.17) is 28.0 Å². The molecule has 0 bridgehead atoms. The molecule has 6 nitrogen and oxygen atoms in total. The fraction of sp³-hybridized carbons (Fsp3) is 0. The second-order valence-electron chi connectivity index (χ2n) is 15.6. The van der Waals surface area contributed by atoms with Gasteiger partial charge in [-0.25, -0.2) is 0 Å². The summed E-state index contributed by atoms with van der Waals surface area (Å²) in [5, 5.41) is -3.37. The van der Waals surface area contributed by atoms with Crippen molar-refractivity contribution in [1.82, 2.24) is 4.57 Å². The Morgan fingerprint density at radius 3 is 1.81 bits per heavy atom. The third kappa shape index (κ3) is 4.95. The van der Waals surface area contributed by atoms with Crippen LogP contribution < -0.4 is 31.3 Å². The molecule has 6 heterocycles. The van der Waals surface area contributed by atoms with E-state index in [0.717, 1.165) is 14.4 Å². The molecule has 0 N–H and O–H groups in total. The fourth-order valence-electron chi connectivity index (χ4n) is 9.65. The lowest BCUT2D eigenvalue weighted by Crippen LogP contribution is -2.61. The van der Waals surface area contributed by atoms with E-state index < -0.39 is 370 Å². The van der Waals surface area contributed by atoms with Gasteiger partial charge in [-0.15, -0.1) is 0 Å². The highest BCUT2D eigenvalue weighted by Crippen LogP contribution is 2.55. The van der Waals surface area contributed by atoms with E-state index >= 15 is 0 Å². The highest BCUT2D eigenvalue weighted by molar-refractivity contribution is 7.00. The second kappa shape index (κ2) is 13.7. The van der Waals surface area contributed by atoms with Crippen molar-refractivity contribution in [3.05, 3.63) is 224 Å². The molecule has 3 aliphatic rings. The van der Waals surface area contributed by atoms with Crippen LogP contribution in [0.15, 0.2) is 232 Å². The van der Waals surface area contributed by atoms with Crippen LogP contribution in [0.3, 0.4) is 0 Å². The molecule has 0 spiro atoms. The van der Waals surface area contributed by atoms with Crippen molar-refractivity contribution in [1.29, 1.82) is 0 Å². The summed E-state index contributed by atoms with van der Waals surface area (Å²) in [6.07, 6.45) is 0. The minimum Gasteiger partial charge on any atom is -0.468 e. The van der Waals surface area contributed by atoms with E-state index in [0.29, 0.717) is 4.90 Å². The van der Waals surface area contributed by atoms with Crippen LogP contribution in [0.4, 0.5) is 51.2 Å². The van der Waals surface area contributed by atoms with Crippen molar-refractivity contribution in [2.24, 2.45) is 0 Å². The molecule has 69 heavy (non-hydrogen) atoms. The summed E-state index contributed by atoms with van der Waals surface area (Å²) >= 11 is 0. The standard InChI is InChI=1S/C62H37BN4O2/c1-4-17-38(18-5-1)39-33-34-55-46(35-39)60-62(69-55)63-47-26-15-30-51-61(47)67(50-29-14-25-44-43-23-10-12-27-48(43)65(51)59(44)50)53-37-42(64(40-19-6-2-7-20-40)41-21-8-3-9-22-41)36-52(58(53)63)66(60)49-28-16-32-56-57(49)45-24-11-13-31-54(45)68-56/h1-37H/i1D,2D,3D,4D,5D,6D,7D,8D,9D,10D,11D,12D,13D,14D,15D,16D,17D,18D,19D,20D,21D,22D,23D,24D,25D,26D,27D,28D,29D,30D,31D,32D,33D,34D,35D,36D,37D. The number of anilines is 9. The Bertz CT molecular complexity index is 6390. The van der Waals surface area contributed by atoms with Gasteiger partial charge in [0.15, 0.2) is 0 Å². The van der Waals surface area contributed by atoms with Gasteiger partial charge in [-0.1, -0.05) is 139 Å². The lowest BCUT2D eigenvalue weighted by Gasteiger charge is -2.45. The number of benzene rings is 10. The average molecular weight is 918 g/mol. The molecular weight excluding hydrogens is 844 g/mol. The smallest absolute Gasteiger partial charge is 0.297 e. The van der Waals surface area contributed by atoms with E-state index in [1.807, 2.05) is 0 Å². The number of nitrogens with zero attached hydrogens (tertiary/aromatic N) is 4. The lowest BCUT2D eigenvalue weighted by atomic mass is 9.35. The van der Waals surface area contributed by atoms with Gasteiger partial charge in [0.2, 0.25) is 0 Å². The minimum absolute atomic E-state index is 0.350. The second-order valence-corrected chi connectivity index (χ2v) is 15.6. The Kier molecular flexibility index (Phi) is 3.28. The minimum atomic E-state index is -2.28. The Labute approximate surface area is 448 Å². The largest absolute Gasteiger partial charge is 0.468 e. The number of para-hydroxylation sites is 6. The highest BCUT2D eigenvalue weighted by atomic mass is 16.3. The molecule has 16 rings (SSSR count). The van der Waals surface area contributed by atoms with Crippen molar-refractivity contribution in [3.63, 3.8) is 0 Å². The highest BCUT2D eigenvalue weighted by Gasteiger charge is 2.49. The maximum atomic E-state index is 11.2. The molecule has 0 fully saturated rings. The van der Waals surface area contributed by atoms with Crippen molar-refractivity contribution in [3.8, 4) is 16.8 Å². The Morgan fingerprint density at radius 1 is 0.406 bits per heavy atom. The van der Waals surface area contributed by atoms with Gasteiger partial charge >= 0.3 is 0 Å². The maximum absolute atomic E-state index is 11.2. The van der Waals surface area contributed by atoms with Gasteiger partial charge in [0, 0.05) is 44.3 Å². The van der Waals surface area contributed by atoms with E-state index in [-0.39, 0.29) is 0 Å². The van der Waals surface area contributed by atoms with E-state index in [1.54, 1.807) is 0 Å². The Balaban J connectivity index is 1.26. The zero-order valence-electron chi connectivity index (χ0n) is 71.2. The lowest BCUT2D eigenvalue weighted by molar-refractivity contribution is 0.651. The van der Waals surface area contributed by atoms with E-state index in [2.05, 4.69) is 0 Å². The molecule has 3 aliphatic heterocycles. The molecule has 0 saturated carbocycles. The first-order valence-electron chi connectivity index (χ1n) is 39.1. The van der Waals surface area contributed by atoms with Gasteiger partial charge in [-0.3, -0.25) is 0 Å². The quantitative estimate of drug-likeness (QED) is 0.161. The van der Waals surface area contributed by atoms with Gasteiger partial charge in [0.25, 0.3) is 6.71 Å². The Morgan fingerprint density at radius 2 is 1.01 bits per heavy atom. The van der Waals surface area contributed by atoms with Crippen LogP contribution in [0.2, 0.25) is 0 Å². The summed E-state index contributed by atoms with van der Waals surface area (Å²) in [6, 6.07) is -39.8. The molecule has 3 aromatic heterocycles. The molecule has 0 saturated heterocycles. The Hall–Kier alpha value is -9.20. The van der Waals surface area contributed by atoms with Crippen LogP contribution in [-0.2, 0) is 0 Å². The van der Waals surface area contributed by atoms with Crippen LogP contribution >= 0.6 is 0 Å². The van der Waals surface area contributed by atoms with Gasteiger partial charge in [0.1, 0.15) is 16.7 Å². The summed E-state index contributed by atoms with van der Waals surface area (Å²) in [5.74, 6) is 0. The number of hydrogen-bond donors (Lipinski definition) is 0. The predicted molar refractivity (Wildman–Crippen MR) is 286 cm³/mol. The first-order valence-corrected chi connectivity index (χ1v) is 20.6. The zero-order valence-corrected chi connectivity index (χ0v) is 34.2. The van der Waals surface area contributed by atoms with Crippen LogP contribution in [0.25, 0.3) is 71.5 Å². The first kappa shape index (κ1) is 16.5. The van der Waals surface area contributed by atoms with Gasteiger partial charge < -0.3 is 28.1 Å². The van der Waals surface area contributed by atoms with Gasteiger partial charge in [-0.05, 0) is 107 Å². The fourth-order valence-corrected chi connectivity index (χ4v) is 9.65. The zero-order chi connectivity index (χ0) is 77.1. The predicted octanol–water partition coefficient (Wildman–Crippen LogP) is 15.0. The van der Waals surface area contributed by atoms with E-state index in [9.17, 15) is 31.5 Å². The van der Waals surface area contributed by atoms with Crippen LogP contribution in [0.5, 0.6) is 0 Å². The van der Waals surface area contributed by atoms with Crippen LogP contribution in [-0.4, -0.2) is 11.3 Å². The molecule has 0 radical (unpaired) electrons. The molecule has 13 aromatic rings. The SMILES string of the molecule is [2H]c1c([2H])c([2H])c(-c2c([2H])c([2H])c3oc4c(c3c2[2H])N(c2c([2H])c([2H])c([2H])c3oc5c([2H])c([2H])c([2H])c([2H])c5c23)c2c([2H])c(N(c3c([2H])c([2H])c([2H])c([2H])c3[2H])c3c([2H])c([2H])c([2H])c([2H])c3[2H])c([2H])c3c2B4c2c([2H])c([2H])c([2H])c4c2N3c2c([2H])c([2H])c([2H])c3c5c([2H])c([2H])c([2H])c([2H])c5n-4c23)c([2H])c1[2H]. The molecule has 0 amide bonds. The number of furan rings is 2. The molecule has 0 atom stereocenters. The summed E-state index contributed by atoms with van der Waals surface area (Å²) in [6.45, 7) is -2.28. The number of fused-ring (bicyclic) bond motifs is 14. The van der Waals surface area contributed by atoms with Crippen molar-refractivity contribution in [2.45, 2.75) is 0 Å². The molecular formula is C62H37BN4O2. The van der Waals surface area contributed by atoms with Gasteiger partial charge in [0.05, 0.1) is 107 Å². The molecule has 0 aliphatic carbocycles. The molecule has 10 aromatic carbocycles. The normalized spacial score (nSPS) is 20.6. The third-order valence-electron chi connectivity index (χ3n) is 12.2. The molecule has 0 unspecified atom stereocenters. The monoisotopic (exact) mass is 918 g/mol. The summed E-state index contributed by atoms with van der Waals surface area (Å²) in [4.78, 5) is 1.94. The van der Waals surface area contributed by atoms with Crippen molar-refractivity contribution < 1.29 is 59.6 Å². The third-order valence-corrected chi connectivity index (χ3v) is 12.2. The summed E-state index contributed by atoms with van der Waals surface area (Å²) in [5.41, 5.74) is -17.1. The molecule has 320 valence electrons. The van der Waals surface area contributed by atoms with Crippen LogP contribution in [0, 0.1) is 0 Å². The topological polar surface area (TPSA) is 40.9 Å². The summed E-state index contributed by atoms with van der Waals surface area (Å²) < 4.78 is 365. The van der Waals surface area contributed by atoms with Crippen LogP contribution in [0.1, 0.15) is 50.7 Å². The van der Waals surface area contributed by atoms with E-state index in [1.165, 1.54) is 0 Å². The van der Waals surface area contributed by atoms with Gasteiger partial charge in [-0.2, -0.15) is 0 Å². The first-order chi connectivity index (χ1) is 49.7. The molecule has 7 heteroatoms. The number of rotatable bonds is 5. The average Bonchev–Trinajstić information content (AvgIpc) is 1.30. The number of hydrogen-bond acceptors (Lipinski definition) is 5. The number of aromatic nitrogens is 1. The maximum Gasteiger partial charge on any atom is 0.297 e.